The second-order valence-corrected chi connectivity index (χ2v) is 5.78. The summed E-state index contributed by atoms with van der Waals surface area (Å²) in [7, 11) is 2.04. The van der Waals surface area contributed by atoms with E-state index in [0.717, 1.165) is 36.1 Å². The number of thiazole rings is 1. The van der Waals surface area contributed by atoms with Gasteiger partial charge in [0.2, 0.25) is 0 Å². The van der Waals surface area contributed by atoms with Crippen LogP contribution < -0.4 is 5.32 Å². The number of hydrogen-bond donors (Lipinski definition) is 1. The third-order valence-corrected chi connectivity index (χ3v) is 3.95. The Morgan fingerprint density at radius 1 is 1.52 bits per heavy atom. The number of rotatable bonds is 8. The van der Waals surface area contributed by atoms with E-state index in [-0.39, 0.29) is 24.0 Å². The van der Waals surface area contributed by atoms with E-state index in [9.17, 15) is 0 Å². The van der Waals surface area contributed by atoms with Crippen molar-refractivity contribution in [2.75, 3.05) is 26.7 Å². The minimum Gasteiger partial charge on any atom is -0.469 e. The van der Waals surface area contributed by atoms with Crippen LogP contribution in [-0.4, -0.2) is 42.5 Å². The molecule has 0 saturated heterocycles. The monoisotopic (exact) mass is 446 g/mol. The van der Waals surface area contributed by atoms with Crippen molar-refractivity contribution in [3.8, 4) is 0 Å². The lowest BCUT2D eigenvalue weighted by molar-refractivity contribution is 0.483. The third kappa shape index (κ3) is 7.17. The van der Waals surface area contributed by atoms with Crippen molar-refractivity contribution in [3.63, 3.8) is 0 Å². The fourth-order valence-corrected chi connectivity index (χ4v) is 2.56. The first-order valence-corrected chi connectivity index (χ1v) is 8.18. The molecular formula is C16H23IN4OS. The van der Waals surface area contributed by atoms with Crippen molar-refractivity contribution in [2.24, 2.45) is 4.99 Å². The zero-order valence-electron chi connectivity index (χ0n) is 13.3. The second-order valence-electron chi connectivity index (χ2n) is 4.80. The third-order valence-electron chi connectivity index (χ3n) is 3.11. The van der Waals surface area contributed by atoms with Crippen molar-refractivity contribution >= 4 is 41.3 Å². The maximum Gasteiger partial charge on any atom is 0.193 e. The molecule has 0 atom stereocenters. The number of nitrogens with zero attached hydrogens (tertiary/aromatic N) is 3. The van der Waals surface area contributed by atoms with Crippen LogP contribution >= 0.6 is 35.3 Å². The Balaban J connectivity index is 0.00000264. The number of aromatic nitrogens is 1. The maximum atomic E-state index is 5.33. The van der Waals surface area contributed by atoms with Crippen molar-refractivity contribution in [3.05, 3.63) is 53.4 Å². The largest absolute Gasteiger partial charge is 0.469 e. The van der Waals surface area contributed by atoms with E-state index < -0.39 is 0 Å². The summed E-state index contributed by atoms with van der Waals surface area (Å²) in [6.07, 6.45) is 7.08. The van der Waals surface area contributed by atoms with Gasteiger partial charge in [-0.3, -0.25) is 4.99 Å². The van der Waals surface area contributed by atoms with Crippen LogP contribution in [0.1, 0.15) is 10.8 Å². The Morgan fingerprint density at radius 3 is 3.04 bits per heavy atom. The SMILES string of the molecule is C=CCNC(=NCCc1ccco1)N(C)CCc1nccs1.I. The highest BCUT2D eigenvalue weighted by molar-refractivity contribution is 14.0. The summed E-state index contributed by atoms with van der Waals surface area (Å²) in [4.78, 5) is 11.1. The number of furan rings is 1. The van der Waals surface area contributed by atoms with E-state index in [4.69, 9.17) is 4.42 Å². The Kier molecular flexibility index (Phi) is 9.61. The molecule has 2 aromatic heterocycles. The summed E-state index contributed by atoms with van der Waals surface area (Å²) >= 11 is 1.68. The van der Waals surface area contributed by atoms with Crippen molar-refractivity contribution < 1.29 is 4.42 Å². The predicted molar refractivity (Wildman–Crippen MR) is 107 cm³/mol. The lowest BCUT2D eigenvalue weighted by Gasteiger charge is -2.21. The van der Waals surface area contributed by atoms with Gasteiger partial charge in [0.15, 0.2) is 5.96 Å². The van der Waals surface area contributed by atoms with E-state index in [0.29, 0.717) is 13.1 Å². The first-order valence-electron chi connectivity index (χ1n) is 7.30. The summed E-state index contributed by atoms with van der Waals surface area (Å²) < 4.78 is 5.33. The zero-order chi connectivity index (χ0) is 15.6. The number of halogens is 1. The first kappa shape index (κ1) is 19.7. The first-order chi connectivity index (χ1) is 10.8. The molecule has 0 aliphatic carbocycles. The molecule has 0 radical (unpaired) electrons. The highest BCUT2D eigenvalue weighted by atomic mass is 127. The number of aliphatic imine (C=N–C) groups is 1. The molecule has 5 nitrogen and oxygen atoms in total. The summed E-state index contributed by atoms with van der Waals surface area (Å²) in [5, 5.41) is 6.44. The summed E-state index contributed by atoms with van der Waals surface area (Å²) in [5.74, 6) is 1.83. The average Bonchev–Trinajstić information content (AvgIpc) is 3.21. The quantitative estimate of drug-likeness (QED) is 0.293. The molecular weight excluding hydrogens is 423 g/mol. The molecule has 0 unspecified atom stereocenters. The second kappa shape index (κ2) is 11.2. The number of guanidine groups is 1. The lowest BCUT2D eigenvalue weighted by atomic mass is 10.3. The molecule has 0 fully saturated rings. The maximum absolute atomic E-state index is 5.33. The van der Waals surface area contributed by atoms with Crippen molar-refractivity contribution in [2.45, 2.75) is 12.8 Å². The fourth-order valence-electron chi connectivity index (χ4n) is 1.95. The average molecular weight is 446 g/mol. The molecule has 0 amide bonds. The van der Waals surface area contributed by atoms with Gasteiger partial charge in [-0.2, -0.15) is 0 Å². The topological polar surface area (TPSA) is 53.7 Å². The van der Waals surface area contributed by atoms with Gasteiger partial charge >= 0.3 is 0 Å². The van der Waals surface area contributed by atoms with Crippen LogP contribution in [-0.2, 0) is 12.8 Å². The van der Waals surface area contributed by atoms with Crippen LogP contribution in [0.15, 0.2) is 52.0 Å². The number of nitrogens with one attached hydrogen (secondary N) is 1. The normalized spacial score (nSPS) is 10.9. The molecule has 126 valence electrons. The van der Waals surface area contributed by atoms with Crippen LogP contribution in [0.4, 0.5) is 0 Å². The molecule has 2 aromatic rings. The summed E-state index contributed by atoms with van der Waals surface area (Å²) in [6, 6.07) is 3.87. The van der Waals surface area contributed by atoms with Crippen LogP contribution in [0.25, 0.3) is 0 Å². The van der Waals surface area contributed by atoms with Gasteiger partial charge in [-0.25, -0.2) is 4.98 Å². The van der Waals surface area contributed by atoms with Gasteiger partial charge in [-0.15, -0.1) is 41.9 Å². The van der Waals surface area contributed by atoms with E-state index in [1.807, 2.05) is 36.8 Å². The Labute approximate surface area is 158 Å². The van der Waals surface area contributed by atoms with E-state index >= 15 is 0 Å². The molecule has 0 aliphatic heterocycles. The predicted octanol–water partition coefficient (Wildman–Crippen LogP) is 3.20. The smallest absolute Gasteiger partial charge is 0.193 e. The van der Waals surface area contributed by atoms with Crippen molar-refractivity contribution in [1.29, 1.82) is 0 Å². The van der Waals surface area contributed by atoms with Gasteiger partial charge in [0.1, 0.15) is 5.76 Å². The van der Waals surface area contributed by atoms with E-state index in [1.165, 1.54) is 0 Å². The van der Waals surface area contributed by atoms with Gasteiger partial charge in [0, 0.05) is 51.1 Å². The zero-order valence-corrected chi connectivity index (χ0v) is 16.4. The standard InChI is InChI=1S/C16H22N4OS.HI/c1-3-8-18-16(19-9-6-14-5-4-12-21-14)20(2)11-7-15-17-10-13-22-15;/h3-5,10,12-13H,1,6-9,11H2,2H3,(H,18,19);1H. The number of hydrogen-bond acceptors (Lipinski definition) is 4. The molecule has 0 bridgehead atoms. The van der Waals surface area contributed by atoms with Gasteiger partial charge in [0.05, 0.1) is 11.3 Å². The van der Waals surface area contributed by atoms with Gasteiger partial charge in [-0.05, 0) is 12.1 Å². The minimum atomic E-state index is 0. The number of likely N-dealkylation sites (N-methyl/N-ethyl adjacent to an activating group) is 1. The van der Waals surface area contributed by atoms with Gasteiger partial charge in [-0.1, -0.05) is 6.08 Å². The van der Waals surface area contributed by atoms with Crippen molar-refractivity contribution in [1.82, 2.24) is 15.2 Å². The van der Waals surface area contributed by atoms with Crippen LogP contribution in [0, 0.1) is 0 Å². The Morgan fingerprint density at radius 2 is 2.39 bits per heavy atom. The fraction of sp³-hybridized carbons (Fsp3) is 0.375. The summed E-state index contributed by atoms with van der Waals surface area (Å²) in [6.45, 7) is 6.00. The molecule has 7 heteroatoms. The summed E-state index contributed by atoms with van der Waals surface area (Å²) in [5.41, 5.74) is 0. The van der Waals surface area contributed by atoms with Gasteiger partial charge < -0.3 is 14.6 Å². The molecule has 0 spiro atoms. The van der Waals surface area contributed by atoms with E-state index in [1.54, 1.807) is 17.6 Å². The highest BCUT2D eigenvalue weighted by Crippen LogP contribution is 2.05. The molecule has 0 aliphatic rings. The minimum absolute atomic E-state index is 0. The molecule has 2 heterocycles. The Hall–Kier alpha value is -1.35. The highest BCUT2D eigenvalue weighted by Gasteiger charge is 2.07. The molecule has 2 rings (SSSR count). The molecule has 0 aromatic carbocycles. The molecule has 23 heavy (non-hydrogen) atoms. The lowest BCUT2D eigenvalue weighted by Crippen LogP contribution is -2.40. The Bertz CT molecular complexity index is 569. The van der Waals surface area contributed by atoms with Crippen LogP contribution in [0.5, 0.6) is 0 Å². The molecule has 1 N–H and O–H groups in total. The molecule has 0 saturated carbocycles. The van der Waals surface area contributed by atoms with Crippen LogP contribution in [0.3, 0.4) is 0 Å². The van der Waals surface area contributed by atoms with Gasteiger partial charge in [0.25, 0.3) is 0 Å². The van der Waals surface area contributed by atoms with E-state index in [2.05, 4.69) is 26.8 Å². The van der Waals surface area contributed by atoms with Crippen LogP contribution in [0.2, 0.25) is 0 Å².